The van der Waals surface area contributed by atoms with E-state index in [0.717, 1.165) is 75.8 Å². The van der Waals surface area contributed by atoms with E-state index in [9.17, 15) is 9.59 Å². The summed E-state index contributed by atoms with van der Waals surface area (Å²) in [6, 6.07) is 19.6. The van der Waals surface area contributed by atoms with E-state index in [4.69, 9.17) is 11.5 Å². The molecule has 2 heterocycles. The average Bonchev–Trinajstić information content (AvgIpc) is 3.84. The smallest absolute Gasteiger partial charge is 0.0534 e. The summed E-state index contributed by atoms with van der Waals surface area (Å²) in [6.45, 7) is 6.44. The van der Waals surface area contributed by atoms with Crippen molar-refractivity contribution < 1.29 is 32.0 Å². The summed E-state index contributed by atoms with van der Waals surface area (Å²) in [6.07, 6.45) is 24.9. The molecule has 16 heteroatoms. The third-order valence-electron chi connectivity index (χ3n) is 9.05. The predicted molar refractivity (Wildman–Crippen MR) is 261 cm³/mol. The first-order valence-electron chi connectivity index (χ1n) is 19.1. The molecule has 2 aromatic carbocycles. The molecule has 0 spiro atoms. The Bertz CT molecular complexity index is 1240. The number of para-hydroxylation sites is 2. The number of carbonyl (C=O) groups excluding carboxylic acids is 2. The van der Waals surface area contributed by atoms with Crippen molar-refractivity contribution in [2.75, 3.05) is 36.8 Å². The first kappa shape index (κ1) is 52.4. The van der Waals surface area contributed by atoms with E-state index < -0.39 is 0 Å². The molecule has 4 N–H and O–H groups in total. The van der Waals surface area contributed by atoms with Crippen LogP contribution >= 0.6 is 77.4 Å². The van der Waals surface area contributed by atoms with Gasteiger partial charge in [0.05, 0.1) is 13.1 Å². The topological polar surface area (TPSA) is 119 Å². The monoisotopic (exact) mass is 1580 g/mol. The van der Waals surface area contributed by atoms with Gasteiger partial charge in [-0.1, -0.05) is 113 Å². The van der Waals surface area contributed by atoms with Gasteiger partial charge in [-0.2, -0.15) is 13.3 Å². The molecule has 6 rings (SSSR count). The van der Waals surface area contributed by atoms with Crippen molar-refractivity contribution in [3.8, 4) is 0 Å². The molecule has 0 radical (unpaired) electrons. The molecule has 2 fully saturated rings. The number of benzene rings is 2. The van der Waals surface area contributed by atoms with E-state index in [1.54, 1.807) is 0 Å². The standard InChI is InChI=1S/C28H34N6O2.2C6H12N.4HI.2Pt/c35-27(29-25-11-5-3-6-12-25)21-33-19-17-31(23-33)15-9-1-2-10-16-32-18-20-34(24-32)22-28(36)30-26-13-7-4-8-14-26;2*7-6-4-2-1-3-5-6;;;;;;/h3-8,11-14,17-20,23-24H,1-2,9-10,15-16,21-22H2,(H,29,35)(H,30,36);2*6-7H,1-5H2;4*1H;;/q-2;2*-1;;;;;2*+4/p-4. The van der Waals surface area contributed by atoms with Gasteiger partial charge in [-0.15, -0.1) is 12.1 Å². The molecule has 0 bridgehead atoms. The van der Waals surface area contributed by atoms with Crippen molar-refractivity contribution in [3.63, 3.8) is 0 Å². The second-order valence-corrected chi connectivity index (χ2v) is 46.8. The number of anilines is 2. The second-order valence-electron chi connectivity index (χ2n) is 13.7. The number of unbranched alkanes of at least 4 members (excludes halogenated alkanes) is 3. The van der Waals surface area contributed by atoms with Crippen molar-refractivity contribution in [2.45, 2.75) is 102 Å². The molecule has 0 saturated heterocycles. The predicted octanol–water partition coefficient (Wildman–Crippen LogP) is 12.5. The van der Waals surface area contributed by atoms with Gasteiger partial charge in [-0.25, -0.2) is 0 Å². The van der Waals surface area contributed by atoms with E-state index in [-0.39, 0.29) is 23.9 Å². The van der Waals surface area contributed by atoms with Gasteiger partial charge in [0.2, 0.25) is 11.8 Å². The zero-order valence-corrected chi connectivity index (χ0v) is 45.0. The van der Waals surface area contributed by atoms with Gasteiger partial charge in [0.1, 0.15) is 0 Å². The summed E-state index contributed by atoms with van der Waals surface area (Å²) in [7, 11) is 0. The number of hydrogen-bond donors (Lipinski definition) is 2. The van der Waals surface area contributed by atoms with Gasteiger partial charge in [0.25, 0.3) is 0 Å². The minimum atomic E-state index is -0.0351. The van der Waals surface area contributed by atoms with Crippen LogP contribution in [0.1, 0.15) is 89.9 Å². The Labute approximate surface area is 396 Å². The number of hydrogen-bond acceptors (Lipinski definition) is 6. The zero-order chi connectivity index (χ0) is 40.6. The Kier molecular flexibility index (Phi) is 32.7. The van der Waals surface area contributed by atoms with E-state index in [1.807, 2.05) is 109 Å². The molecular weight excluding hydrogens is 1520 g/mol. The fourth-order valence-electron chi connectivity index (χ4n) is 6.25. The fraction of sp³-hybridized carbons (Fsp3) is 0.500. The van der Waals surface area contributed by atoms with Gasteiger partial charge < -0.3 is 41.7 Å². The van der Waals surface area contributed by atoms with E-state index >= 15 is 0 Å². The molecule has 0 atom stereocenters. The van der Waals surface area contributed by atoms with Gasteiger partial charge >= 0.3 is 99.8 Å². The molecule has 10 nitrogen and oxygen atoms in total. The Morgan fingerprint density at radius 2 is 0.875 bits per heavy atom. The Morgan fingerprint density at radius 3 is 1.18 bits per heavy atom. The third kappa shape index (κ3) is 27.2. The number of nitrogens with one attached hydrogen (secondary N) is 4. The maximum atomic E-state index is 12.2. The van der Waals surface area contributed by atoms with Crippen molar-refractivity contribution in [2.24, 2.45) is 0 Å². The van der Waals surface area contributed by atoms with Crippen LogP contribution in [0.5, 0.6) is 0 Å². The molecule has 318 valence electrons. The average molecular weight is 1580 g/mol. The molecule has 2 saturated carbocycles. The van der Waals surface area contributed by atoms with Crippen LogP contribution in [0.3, 0.4) is 0 Å². The van der Waals surface area contributed by atoms with E-state index in [0.29, 0.717) is 35.5 Å². The first-order chi connectivity index (χ1) is 27.3. The molecule has 2 aliphatic heterocycles. The summed E-state index contributed by atoms with van der Waals surface area (Å²) in [4.78, 5) is 32.5. The van der Waals surface area contributed by atoms with Crippen molar-refractivity contribution >= 4 is 101 Å². The Balaban J connectivity index is 0.000000439. The maximum absolute atomic E-state index is 12.2. The van der Waals surface area contributed by atoms with Crippen LogP contribution in [-0.2, 0) is 32.0 Å². The largest absolute Gasteiger partial charge is 0.675 e. The third-order valence-corrected chi connectivity index (χ3v) is 9.05. The maximum Gasteiger partial charge on any atom is -0.0534 e. The van der Waals surface area contributed by atoms with Gasteiger partial charge in [-0.05, 0) is 75.0 Å². The van der Waals surface area contributed by atoms with Crippen LogP contribution in [0.15, 0.2) is 85.5 Å². The molecule has 4 aliphatic rings. The molecule has 2 aliphatic carbocycles. The van der Waals surface area contributed by atoms with Crippen molar-refractivity contribution in [3.05, 3.63) is 110 Å². The van der Waals surface area contributed by atoms with Crippen molar-refractivity contribution in [1.29, 1.82) is 0 Å². The summed E-state index contributed by atoms with van der Waals surface area (Å²) in [5.74, 6) is -0.0702. The zero-order valence-electron chi connectivity index (χ0n) is 31.9. The molecule has 2 aromatic rings. The van der Waals surface area contributed by atoms with Gasteiger partial charge in [0.15, 0.2) is 0 Å². The first-order valence-corrected chi connectivity index (χ1v) is 44.9. The van der Waals surface area contributed by atoms with Crippen LogP contribution in [0.2, 0.25) is 0 Å². The fourth-order valence-corrected chi connectivity index (χ4v) is 6.25. The minimum Gasteiger partial charge on any atom is -0.675 e. The van der Waals surface area contributed by atoms with Crippen LogP contribution in [0.4, 0.5) is 11.4 Å². The molecule has 2 amide bonds. The number of rotatable bonds is 13. The number of nitrogens with zero attached hydrogens (tertiary/aromatic N) is 4. The molecular formula is C40H58I4N8O2Pt2. The molecule has 0 aromatic heterocycles. The normalized spacial score (nSPS) is 16.5. The van der Waals surface area contributed by atoms with Crippen LogP contribution < -0.4 is 10.6 Å². The van der Waals surface area contributed by atoms with Crippen LogP contribution in [-0.4, -0.2) is 69.7 Å². The van der Waals surface area contributed by atoms with E-state index in [2.05, 4.69) is 97.8 Å². The van der Waals surface area contributed by atoms with Gasteiger partial charge in [-0.3, -0.25) is 9.59 Å². The van der Waals surface area contributed by atoms with Crippen LogP contribution in [0.25, 0.3) is 11.5 Å². The summed E-state index contributed by atoms with van der Waals surface area (Å²) >= 11 is 10.6. The van der Waals surface area contributed by atoms with E-state index in [1.165, 1.54) is 38.5 Å². The number of halogens is 4. The number of amides is 2. The second kappa shape index (κ2) is 34.9. The van der Waals surface area contributed by atoms with Gasteiger partial charge in [0, 0.05) is 11.4 Å². The molecule has 56 heavy (non-hydrogen) atoms. The summed E-state index contributed by atoms with van der Waals surface area (Å²) < 4.78 is 0. The quantitative estimate of drug-likeness (QED) is 0.117. The Morgan fingerprint density at radius 1 is 0.554 bits per heavy atom. The Hall–Kier alpha value is 0.277. The number of carbonyl (C=O) groups is 2. The summed E-state index contributed by atoms with van der Waals surface area (Å²) in [5, 5.41) is 5.82. The van der Waals surface area contributed by atoms with Crippen molar-refractivity contribution in [1.82, 2.24) is 19.6 Å². The molecule has 0 unspecified atom stereocenters. The SMILES string of the molecule is O=C(CN1C=CN(CCCCCCN2C=CN(CC(=O)Nc3ccccc3)[CH-]2)[CH-]1)Nc1ccccc1.[I][Pt+2][I].[I][Pt+2][I].[NH-]C1CCCCC1.[NH-]C1CCCCC1. The van der Waals surface area contributed by atoms with Crippen LogP contribution in [0, 0.1) is 13.3 Å². The summed E-state index contributed by atoms with van der Waals surface area (Å²) in [5.41, 5.74) is 16.2. The minimum absolute atomic E-state index is 0.0351.